The lowest BCUT2D eigenvalue weighted by Crippen LogP contribution is -2.30. The standard InChI is InChI=1S/C17H16N2O3/c1-12-5-6-16-14(9-12)7-8-18(16)17(20)11-13-3-2-4-15(10-13)19(21)22/h2-6,9-10H,7-8,11H2,1H3. The van der Waals surface area contributed by atoms with Crippen molar-refractivity contribution >= 4 is 17.3 Å². The Labute approximate surface area is 128 Å². The monoisotopic (exact) mass is 296 g/mol. The minimum Gasteiger partial charge on any atom is -0.312 e. The maximum Gasteiger partial charge on any atom is 0.269 e. The number of nitro benzene ring substituents is 1. The number of benzene rings is 2. The molecule has 2 aromatic rings. The van der Waals surface area contributed by atoms with Gasteiger partial charge in [-0.3, -0.25) is 14.9 Å². The van der Waals surface area contributed by atoms with Crippen molar-refractivity contribution in [2.75, 3.05) is 11.4 Å². The van der Waals surface area contributed by atoms with Gasteiger partial charge in [0, 0.05) is 24.4 Å². The lowest BCUT2D eigenvalue weighted by molar-refractivity contribution is -0.384. The Balaban J connectivity index is 1.79. The molecule has 3 rings (SSSR count). The van der Waals surface area contributed by atoms with E-state index >= 15 is 0 Å². The summed E-state index contributed by atoms with van der Waals surface area (Å²) in [6, 6.07) is 12.3. The Morgan fingerprint density at radius 3 is 2.86 bits per heavy atom. The highest BCUT2D eigenvalue weighted by molar-refractivity contribution is 5.96. The number of anilines is 1. The van der Waals surface area contributed by atoms with Crippen molar-refractivity contribution in [1.29, 1.82) is 0 Å². The molecule has 5 nitrogen and oxygen atoms in total. The second-order valence-electron chi connectivity index (χ2n) is 5.53. The van der Waals surface area contributed by atoms with Gasteiger partial charge in [-0.2, -0.15) is 0 Å². The normalized spacial score (nSPS) is 13.0. The molecule has 0 fully saturated rings. The maximum absolute atomic E-state index is 12.5. The number of aryl methyl sites for hydroxylation is 1. The van der Waals surface area contributed by atoms with Crippen molar-refractivity contribution in [3.63, 3.8) is 0 Å². The van der Waals surface area contributed by atoms with E-state index in [0.717, 1.165) is 12.1 Å². The summed E-state index contributed by atoms with van der Waals surface area (Å²) in [7, 11) is 0. The minimum atomic E-state index is -0.443. The van der Waals surface area contributed by atoms with Gasteiger partial charge in [0.1, 0.15) is 0 Å². The second-order valence-corrected chi connectivity index (χ2v) is 5.53. The summed E-state index contributed by atoms with van der Waals surface area (Å²) in [5, 5.41) is 10.8. The Kier molecular flexibility index (Phi) is 3.63. The average molecular weight is 296 g/mol. The summed E-state index contributed by atoms with van der Waals surface area (Å²) in [6.45, 7) is 2.71. The topological polar surface area (TPSA) is 63.5 Å². The number of amides is 1. The predicted octanol–water partition coefficient (Wildman–Crippen LogP) is 3.04. The van der Waals surface area contributed by atoms with Gasteiger partial charge in [-0.25, -0.2) is 0 Å². The predicted molar refractivity (Wildman–Crippen MR) is 84.0 cm³/mol. The number of nitrogens with zero attached hydrogens (tertiary/aromatic N) is 2. The van der Waals surface area contributed by atoms with Gasteiger partial charge in [-0.15, -0.1) is 0 Å². The molecule has 0 aromatic heterocycles. The molecule has 0 saturated carbocycles. The van der Waals surface area contributed by atoms with Crippen molar-refractivity contribution in [2.24, 2.45) is 0 Å². The summed E-state index contributed by atoms with van der Waals surface area (Å²) in [5.74, 6) is -0.0249. The van der Waals surface area contributed by atoms with Crippen molar-refractivity contribution in [3.8, 4) is 0 Å². The van der Waals surface area contributed by atoms with Gasteiger partial charge in [0.25, 0.3) is 5.69 Å². The molecular formula is C17H16N2O3. The zero-order valence-electron chi connectivity index (χ0n) is 12.3. The first-order chi connectivity index (χ1) is 10.5. The first-order valence-corrected chi connectivity index (χ1v) is 7.18. The number of hydrogen-bond acceptors (Lipinski definition) is 3. The van der Waals surface area contributed by atoms with Gasteiger partial charge in [-0.1, -0.05) is 29.8 Å². The molecular weight excluding hydrogens is 280 g/mol. The molecule has 0 radical (unpaired) electrons. The number of non-ortho nitro benzene ring substituents is 1. The molecule has 0 saturated heterocycles. The van der Waals surface area contributed by atoms with Crippen molar-refractivity contribution in [2.45, 2.75) is 19.8 Å². The molecule has 112 valence electrons. The van der Waals surface area contributed by atoms with Crippen LogP contribution in [0.25, 0.3) is 0 Å². The van der Waals surface area contributed by atoms with Gasteiger partial charge in [0.05, 0.1) is 11.3 Å². The molecule has 1 amide bonds. The fourth-order valence-corrected chi connectivity index (χ4v) is 2.84. The number of carbonyl (C=O) groups excluding carboxylic acids is 1. The van der Waals surface area contributed by atoms with Gasteiger partial charge < -0.3 is 4.90 Å². The van der Waals surface area contributed by atoms with Crippen LogP contribution >= 0.6 is 0 Å². The minimum absolute atomic E-state index is 0.0164. The van der Waals surface area contributed by atoms with Crippen LogP contribution in [-0.4, -0.2) is 17.4 Å². The summed E-state index contributed by atoms with van der Waals surface area (Å²) in [4.78, 5) is 24.6. The number of nitro groups is 1. The molecule has 22 heavy (non-hydrogen) atoms. The van der Waals surface area contributed by atoms with Crippen molar-refractivity contribution < 1.29 is 9.72 Å². The van der Waals surface area contributed by atoms with Crippen LogP contribution in [0.15, 0.2) is 42.5 Å². The largest absolute Gasteiger partial charge is 0.312 e. The van der Waals surface area contributed by atoms with Crippen LogP contribution in [0.3, 0.4) is 0 Å². The van der Waals surface area contributed by atoms with Crippen LogP contribution < -0.4 is 4.90 Å². The highest BCUT2D eigenvalue weighted by atomic mass is 16.6. The third-order valence-corrected chi connectivity index (χ3v) is 3.91. The first-order valence-electron chi connectivity index (χ1n) is 7.18. The van der Waals surface area contributed by atoms with Crippen LogP contribution in [0, 0.1) is 17.0 Å². The van der Waals surface area contributed by atoms with E-state index < -0.39 is 4.92 Å². The Morgan fingerprint density at radius 2 is 2.09 bits per heavy atom. The Morgan fingerprint density at radius 1 is 1.27 bits per heavy atom. The van der Waals surface area contributed by atoms with Crippen LogP contribution in [0.1, 0.15) is 16.7 Å². The maximum atomic E-state index is 12.5. The van der Waals surface area contributed by atoms with Crippen molar-refractivity contribution in [3.05, 3.63) is 69.3 Å². The Bertz CT molecular complexity index is 755. The SMILES string of the molecule is Cc1ccc2c(c1)CCN2C(=O)Cc1cccc([N+](=O)[O-])c1. The van der Waals surface area contributed by atoms with E-state index in [1.54, 1.807) is 17.0 Å². The van der Waals surface area contributed by atoms with E-state index in [9.17, 15) is 14.9 Å². The van der Waals surface area contributed by atoms with Crippen LogP contribution in [0.5, 0.6) is 0 Å². The summed E-state index contributed by atoms with van der Waals surface area (Å²) in [5.41, 5.74) is 4.02. The molecule has 0 N–H and O–H groups in total. The van der Waals surface area contributed by atoms with E-state index in [0.29, 0.717) is 12.1 Å². The molecule has 1 heterocycles. The highest BCUT2D eigenvalue weighted by Gasteiger charge is 2.24. The number of rotatable bonds is 3. The van der Waals surface area contributed by atoms with E-state index in [1.807, 2.05) is 19.1 Å². The van der Waals surface area contributed by atoms with E-state index in [4.69, 9.17) is 0 Å². The van der Waals surface area contributed by atoms with E-state index in [1.165, 1.54) is 23.3 Å². The first kappa shape index (κ1) is 14.3. The van der Waals surface area contributed by atoms with E-state index in [2.05, 4.69) is 6.07 Å². The molecule has 0 aliphatic carbocycles. The van der Waals surface area contributed by atoms with Crippen LogP contribution in [-0.2, 0) is 17.6 Å². The average Bonchev–Trinajstić information content (AvgIpc) is 2.90. The molecule has 1 aliphatic rings. The zero-order valence-corrected chi connectivity index (χ0v) is 12.3. The summed E-state index contributed by atoms with van der Waals surface area (Å²) in [6.07, 6.45) is 1.03. The van der Waals surface area contributed by atoms with Crippen LogP contribution in [0.2, 0.25) is 0 Å². The van der Waals surface area contributed by atoms with E-state index in [-0.39, 0.29) is 18.0 Å². The molecule has 1 aliphatic heterocycles. The number of carbonyl (C=O) groups is 1. The second kappa shape index (κ2) is 5.60. The van der Waals surface area contributed by atoms with Crippen LogP contribution in [0.4, 0.5) is 11.4 Å². The summed E-state index contributed by atoms with van der Waals surface area (Å²) >= 11 is 0. The Hall–Kier alpha value is -2.69. The lowest BCUT2D eigenvalue weighted by atomic mass is 10.1. The van der Waals surface area contributed by atoms with Gasteiger partial charge in [-0.05, 0) is 30.5 Å². The smallest absolute Gasteiger partial charge is 0.269 e. The molecule has 5 heteroatoms. The highest BCUT2D eigenvalue weighted by Crippen LogP contribution is 2.29. The quantitative estimate of drug-likeness (QED) is 0.646. The molecule has 0 unspecified atom stereocenters. The van der Waals surface area contributed by atoms with Crippen molar-refractivity contribution in [1.82, 2.24) is 0 Å². The molecule has 0 bridgehead atoms. The lowest BCUT2D eigenvalue weighted by Gasteiger charge is -2.17. The summed E-state index contributed by atoms with van der Waals surface area (Å²) < 4.78 is 0. The molecule has 0 atom stereocenters. The third kappa shape index (κ3) is 2.70. The fraction of sp³-hybridized carbons (Fsp3) is 0.235. The number of fused-ring (bicyclic) bond motifs is 1. The third-order valence-electron chi connectivity index (χ3n) is 3.91. The zero-order chi connectivity index (χ0) is 15.7. The fourth-order valence-electron chi connectivity index (χ4n) is 2.84. The molecule has 2 aromatic carbocycles. The van der Waals surface area contributed by atoms with Gasteiger partial charge >= 0.3 is 0 Å². The van der Waals surface area contributed by atoms with Gasteiger partial charge in [0.15, 0.2) is 0 Å². The van der Waals surface area contributed by atoms with Gasteiger partial charge in [0.2, 0.25) is 5.91 Å². The molecule has 0 spiro atoms. The number of hydrogen-bond donors (Lipinski definition) is 0.